The molecule has 1 aliphatic heterocycles. The van der Waals surface area contributed by atoms with Gasteiger partial charge in [0.25, 0.3) is 0 Å². The highest BCUT2D eigenvalue weighted by Gasteiger charge is 2.24. The van der Waals surface area contributed by atoms with E-state index in [4.69, 9.17) is 0 Å². The van der Waals surface area contributed by atoms with Gasteiger partial charge in [-0.2, -0.15) is 5.10 Å². The van der Waals surface area contributed by atoms with Crippen LogP contribution in [0.2, 0.25) is 0 Å². The van der Waals surface area contributed by atoms with Crippen molar-refractivity contribution in [1.29, 1.82) is 0 Å². The van der Waals surface area contributed by atoms with Crippen LogP contribution in [0.15, 0.2) is 24.3 Å². The third-order valence-corrected chi connectivity index (χ3v) is 4.81. The SMILES string of the molecule is Cc1nc(C)n(C[C@H]2CCCN(C(=O)CCc3ccc(F)cc3)C2)n1. The number of aromatic nitrogens is 3. The fourth-order valence-corrected chi connectivity index (χ4v) is 3.48. The molecule has 1 fully saturated rings. The lowest BCUT2D eigenvalue weighted by Crippen LogP contribution is -2.41. The zero-order valence-electron chi connectivity index (χ0n) is 14.9. The zero-order valence-corrected chi connectivity index (χ0v) is 14.9. The predicted octanol–water partition coefficient (Wildman–Crippen LogP) is 2.91. The first-order chi connectivity index (χ1) is 12.0. The maximum atomic E-state index is 12.9. The molecule has 1 saturated heterocycles. The highest BCUT2D eigenvalue weighted by molar-refractivity contribution is 5.76. The molecular formula is C19H25FN4O. The Labute approximate surface area is 147 Å². The van der Waals surface area contributed by atoms with Gasteiger partial charge in [-0.3, -0.25) is 4.79 Å². The monoisotopic (exact) mass is 344 g/mol. The highest BCUT2D eigenvalue weighted by atomic mass is 19.1. The van der Waals surface area contributed by atoms with Gasteiger partial charge in [-0.25, -0.2) is 14.1 Å². The van der Waals surface area contributed by atoms with E-state index in [1.165, 1.54) is 12.1 Å². The molecule has 3 rings (SSSR count). The average Bonchev–Trinajstić information content (AvgIpc) is 2.91. The molecule has 5 nitrogen and oxygen atoms in total. The normalized spacial score (nSPS) is 17.7. The number of halogens is 1. The maximum absolute atomic E-state index is 12.9. The Hall–Kier alpha value is -2.24. The van der Waals surface area contributed by atoms with Crippen LogP contribution in [0.1, 0.15) is 36.5 Å². The quantitative estimate of drug-likeness (QED) is 0.838. The third kappa shape index (κ3) is 4.65. The fraction of sp³-hybridized carbons (Fsp3) is 0.526. The molecule has 2 heterocycles. The van der Waals surface area contributed by atoms with E-state index < -0.39 is 0 Å². The van der Waals surface area contributed by atoms with Crippen LogP contribution in [0.3, 0.4) is 0 Å². The van der Waals surface area contributed by atoms with Gasteiger partial charge >= 0.3 is 0 Å². The number of hydrogen-bond acceptors (Lipinski definition) is 3. The molecule has 1 aromatic carbocycles. The van der Waals surface area contributed by atoms with Gasteiger partial charge in [-0.05, 0) is 56.7 Å². The average molecular weight is 344 g/mol. The van der Waals surface area contributed by atoms with Crippen LogP contribution in [0, 0.1) is 25.6 Å². The molecule has 0 radical (unpaired) electrons. The molecule has 0 aliphatic carbocycles. The van der Waals surface area contributed by atoms with Crippen molar-refractivity contribution in [1.82, 2.24) is 19.7 Å². The molecule has 25 heavy (non-hydrogen) atoms. The summed E-state index contributed by atoms with van der Waals surface area (Å²) in [5, 5.41) is 4.43. The fourth-order valence-electron chi connectivity index (χ4n) is 3.48. The Morgan fingerprint density at radius 3 is 2.72 bits per heavy atom. The van der Waals surface area contributed by atoms with Crippen molar-refractivity contribution in [3.63, 3.8) is 0 Å². The van der Waals surface area contributed by atoms with Gasteiger partial charge in [0.15, 0.2) is 0 Å². The molecule has 1 aliphatic rings. The summed E-state index contributed by atoms with van der Waals surface area (Å²) >= 11 is 0. The number of hydrogen-bond donors (Lipinski definition) is 0. The summed E-state index contributed by atoms with van der Waals surface area (Å²) in [6, 6.07) is 6.38. The Kier molecular flexibility index (Phi) is 5.46. The standard InChI is InChI=1S/C19H25FN4O/c1-14-21-15(2)24(22-14)13-17-4-3-11-23(12-17)19(25)10-7-16-5-8-18(20)9-6-16/h5-6,8-9,17H,3-4,7,10-13H2,1-2H3/t17-/m0/s1. The summed E-state index contributed by atoms with van der Waals surface area (Å²) in [5.41, 5.74) is 0.997. The van der Waals surface area contributed by atoms with Crippen molar-refractivity contribution in [2.75, 3.05) is 13.1 Å². The van der Waals surface area contributed by atoms with E-state index in [1.54, 1.807) is 12.1 Å². The lowest BCUT2D eigenvalue weighted by molar-refractivity contribution is -0.133. The molecule has 2 aromatic rings. The van der Waals surface area contributed by atoms with E-state index in [0.29, 0.717) is 18.8 Å². The minimum atomic E-state index is -0.243. The van der Waals surface area contributed by atoms with Gasteiger partial charge in [0.2, 0.25) is 5.91 Å². The largest absolute Gasteiger partial charge is 0.342 e. The van der Waals surface area contributed by atoms with Gasteiger partial charge < -0.3 is 4.90 Å². The van der Waals surface area contributed by atoms with Gasteiger partial charge in [0.1, 0.15) is 17.5 Å². The summed E-state index contributed by atoms with van der Waals surface area (Å²) in [6.45, 7) is 6.28. The molecule has 1 aromatic heterocycles. The number of benzene rings is 1. The Bertz CT molecular complexity index is 726. The van der Waals surface area contributed by atoms with Crippen LogP contribution in [-0.4, -0.2) is 38.7 Å². The van der Waals surface area contributed by atoms with E-state index in [0.717, 1.165) is 49.7 Å². The molecule has 134 valence electrons. The summed E-state index contributed by atoms with van der Waals surface area (Å²) < 4.78 is 14.9. The number of amides is 1. The van der Waals surface area contributed by atoms with Crippen LogP contribution >= 0.6 is 0 Å². The second kappa shape index (κ2) is 7.76. The molecule has 0 saturated carbocycles. The summed E-state index contributed by atoms with van der Waals surface area (Å²) in [6.07, 6.45) is 3.27. The second-order valence-electron chi connectivity index (χ2n) is 6.86. The molecule has 1 atom stereocenters. The Balaban J connectivity index is 1.52. The van der Waals surface area contributed by atoms with Crippen LogP contribution in [0.25, 0.3) is 0 Å². The van der Waals surface area contributed by atoms with Crippen LogP contribution in [0.5, 0.6) is 0 Å². The van der Waals surface area contributed by atoms with Crippen molar-refractivity contribution in [2.24, 2.45) is 5.92 Å². The van der Waals surface area contributed by atoms with E-state index in [1.807, 2.05) is 23.4 Å². The minimum absolute atomic E-state index is 0.181. The first kappa shape index (κ1) is 17.6. The number of nitrogens with zero attached hydrogens (tertiary/aromatic N) is 4. The molecule has 0 unspecified atom stereocenters. The first-order valence-corrected chi connectivity index (χ1v) is 8.91. The minimum Gasteiger partial charge on any atom is -0.342 e. The van der Waals surface area contributed by atoms with Gasteiger partial charge in [-0.15, -0.1) is 0 Å². The lowest BCUT2D eigenvalue weighted by Gasteiger charge is -2.33. The third-order valence-electron chi connectivity index (χ3n) is 4.81. The lowest BCUT2D eigenvalue weighted by atomic mass is 9.97. The molecule has 6 heteroatoms. The molecule has 0 spiro atoms. The molecule has 0 bridgehead atoms. The van der Waals surface area contributed by atoms with Crippen molar-refractivity contribution in [3.05, 3.63) is 47.3 Å². The van der Waals surface area contributed by atoms with Crippen molar-refractivity contribution < 1.29 is 9.18 Å². The Morgan fingerprint density at radius 1 is 1.28 bits per heavy atom. The maximum Gasteiger partial charge on any atom is 0.222 e. The smallest absolute Gasteiger partial charge is 0.222 e. The van der Waals surface area contributed by atoms with E-state index in [-0.39, 0.29) is 11.7 Å². The van der Waals surface area contributed by atoms with Crippen LogP contribution < -0.4 is 0 Å². The topological polar surface area (TPSA) is 51.0 Å². The van der Waals surface area contributed by atoms with Gasteiger partial charge in [0, 0.05) is 26.1 Å². The van der Waals surface area contributed by atoms with Crippen LogP contribution in [0.4, 0.5) is 4.39 Å². The highest BCUT2D eigenvalue weighted by Crippen LogP contribution is 2.20. The summed E-state index contributed by atoms with van der Waals surface area (Å²) in [5.74, 6) is 2.08. The van der Waals surface area contributed by atoms with Crippen molar-refractivity contribution in [2.45, 2.75) is 46.1 Å². The number of rotatable bonds is 5. The van der Waals surface area contributed by atoms with Gasteiger partial charge in [-0.1, -0.05) is 12.1 Å². The van der Waals surface area contributed by atoms with Crippen LogP contribution in [-0.2, 0) is 17.8 Å². The summed E-state index contributed by atoms with van der Waals surface area (Å²) in [7, 11) is 0. The van der Waals surface area contributed by atoms with E-state index >= 15 is 0 Å². The van der Waals surface area contributed by atoms with E-state index in [9.17, 15) is 9.18 Å². The van der Waals surface area contributed by atoms with Crippen molar-refractivity contribution in [3.8, 4) is 0 Å². The second-order valence-corrected chi connectivity index (χ2v) is 6.86. The number of piperidine rings is 1. The zero-order chi connectivity index (χ0) is 17.8. The number of carbonyl (C=O) groups excluding carboxylic acids is 1. The summed E-state index contributed by atoms with van der Waals surface area (Å²) in [4.78, 5) is 18.8. The number of likely N-dealkylation sites (tertiary alicyclic amines) is 1. The van der Waals surface area contributed by atoms with E-state index in [2.05, 4.69) is 10.1 Å². The molecule has 0 N–H and O–H groups in total. The van der Waals surface area contributed by atoms with Gasteiger partial charge in [0.05, 0.1) is 0 Å². The molecule has 1 amide bonds. The van der Waals surface area contributed by atoms with Crippen molar-refractivity contribution >= 4 is 5.91 Å². The number of carbonyl (C=O) groups is 1. The predicted molar refractivity (Wildman–Crippen MR) is 93.5 cm³/mol. The molecular weight excluding hydrogens is 319 g/mol. The number of aryl methyl sites for hydroxylation is 3. The first-order valence-electron chi connectivity index (χ1n) is 8.91. The Morgan fingerprint density at radius 2 is 2.04 bits per heavy atom.